The average molecular weight is 464 g/mol. The first-order valence-electron chi connectivity index (χ1n) is 9.26. The molecular weight excluding hydrogens is 445 g/mol. The van der Waals surface area contributed by atoms with Gasteiger partial charge in [-0.25, -0.2) is 8.42 Å². The first-order valence-corrected chi connectivity index (χ1v) is 10.7. The molecule has 0 aliphatic rings. The number of nitrogens with one attached hydrogen (secondary N) is 2. The molecule has 1 amide bonds. The summed E-state index contributed by atoms with van der Waals surface area (Å²) in [5.41, 5.74) is 0.347. The number of alkyl halides is 3. The Morgan fingerprint density at radius 1 is 0.969 bits per heavy atom. The third kappa shape index (κ3) is 5.38. The number of amides is 1. The quantitative estimate of drug-likeness (QED) is 0.533. The molecule has 6 nitrogen and oxygen atoms in total. The van der Waals surface area contributed by atoms with E-state index in [4.69, 9.17) is 4.74 Å². The Hall–Kier alpha value is -3.53. The van der Waals surface area contributed by atoms with Crippen molar-refractivity contribution in [2.75, 3.05) is 17.1 Å². The number of benzene rings is 3. The summed E-state index contributed by atoms with van der Waals surface area (Å²) in [4.78, 5) is 12.3. The van der Waals surface area contributed by atoms with Crippen molar-refractivity contribution in [1.29, 1.82) is 0 Å². The van der Waals surface area contributed by atoms with Gasteiger partial charge in [-0.3, -0.25) is 9.52 Å². The van der Waals surface area contributed by atoms with Crippen LogP contribution in [0.1, 0.15) is 21.5 Å². The molecule has 32 heavy (non-hydrogen) atoms. The SMILES string of the molecule is COc1ccc(C)cc1NC(=O)c1ccc(S(=O)(=O)Nc2cccc(C(F)(F)F)c2)cc1. The third-order valence-corrected chi connectivity index (χ3v) is 5.87. The first-order chi connectivity index (χ1) is 15.0. The van der Waals surface area contributed by atoms with E-state index >= 15 is 0 Å². The number of anilines is 2. The molecule has 0 saturated carbocycles. The molecule has 0 aliphatic carbocycles. The van der Waals surface area contributed by atoms with Gasteiger partial charge < -0.3 is 10.1 Å². The van der Waals surface area contributed by atoms with Crippen LogP contribution in [0.25, 0.3) is 0 Å². The maximum Gasteiger partial charge on any atom is 0.416 e. The molecule has 3 aromatic rings. The fraction of sp³-hybridized carbons (Fsp3) is 0.136. The molecule has 0 fully saturated rings. The largest absolute Gasteiger partial charge is 0.495 e. The van der Waals surface area contributed by atoms with Crippen molar-refractivity contribution in [3.05, 3.63) is 83.4 Å². The van der Waals surface area contributed by atoms with Gasteiger partial charge >= 0.3 is 6.18 Å². The molecule has 2 N–H and O–H groups in total. The molecule has 0 radical (unpaired) electrons. The van der Waals surface area contributed by atoms with Crippen LogP contribution in [0.3, 0.4) is 0 Å². The lowest BCUT2D eigenvalue weighted by atomic mass is 10.1. The van der Waals surface area contributed by atoms with Crippen LogP contribution < -0.4 is 14.8 Å². The van der Waals surface area contributed by atoms with Crippen molar-refractivity contribution >= 4 is 27.3 Å². The number of aryl methyl sites for hydroxylation is 1. The van der Waals surface area contributed by atoms with E-state index in [1.165, 1.54) is 37.4 Å². The lowest BCUT2D eigenvalue weighted by Crippen LogP contribution is -2.15. The maximum absolute atomic E-state index is 12.8. The van der Waals surface area contributed by atoms with Crippen LogP contribution in [0.5, 0.6) is 5.75 Å². The zero-order chi connectivity index (χ0) is 23.5. The predicted molar refractivity (Wildman–Crippen MR) is 114 cm³/mol. The van der Waals surface area contributed by atoms with Gasteiger partial charge in [-0.05, 0) is 67.1 Å². The lowest BCUT2D eigenvalue weighted by Gasteiger charge is -2.12. The summed E-state index contributed by atoms with van der Waals surface area (Å²) in [5.74, 6) is -0.0166. The second-order valence-corrected chi connectivity index (χ2v) is 8.55. The Kier molecular flexibility index (Phi) is 6.45. The Balaban J connectivity index is 1.77. The van der Waals surface area contributed by atoms with Gasteiger partial charge in [-0.2, -0.15) is 13.2 Å². The van der Waals surface area contributed by atoms with Gasteiger partial charge in [0.15, 0.2) is 0 Å². The van der Waals surface area contributed by atoms with Crippen LogP contribution in [0.15, 0.2) is 71.6 Å². The Morgan fingerprint density at radius 2 is 1.66 bits per heavy atom. The number of halogens is 3. The van der Waals surface area contributed by atoms with Crippen LogP contribution >= 0.6 is 0 Å². The molecule has 3 rings (SSSR count). The number of ether oxygens (including phenoxy) is 1. The van der Waals surface area contributed by atoms with Crippen molar-refractivity contribution in [3.63, 3.8) is 0 Å². The lowest BCUT2D eigenvalue weighted by molar-refractivity contribution is -0.137. The second-order valence-electron chi connectivity index (χ2n) is 6.87. The summed E-state index contributed by atoms with van der Waals surface area (Å²) in [6, 6.07) is 14.1. The van der Waals surface area contributed by atoms with Gasteiger partial charge in [0.1, 0.15) is 5.75 Å². The van der Waals surface area contributed by atoms with Crippen molar-refractivity contribution in [2.45, 2.75) is 18.0 Å². The highest BCUT2D eigenvalue weighted by molar-refractivity contribution is 7.92. The molecule has 3 aromatic carbocycles. The number of rotatable bonds is 6. The summed E-state index contributed by atoms with van der Waals surface area (Å²) in [7, 11) is -2.69. The molecular formula is C22H19F3N2O4S. The van der Waals surface area contributed by atoms with Crippen LogP contribution in [0, 0.1) is 6.92 Å². The van der Waals surface area contributed by atoms with Crippen molar-refractivity contribution in [3.8, 4) is 5.75 Å². The summed E-state index contributed by atoms with van der Waals surface area (Å²) in [5, 5.41) is 2.70. The predicted octanol–water partition coefficient (Wildman–Crippen LogP) is 5.08. The van der Waals surface area contributed by atoms with E-state index in [0.29, 0.717) is 17.5 Å². The van der Waals surface area contributed by atoms with Crippen molar-refractivity contribution < 1.29 is 31.1 Å². The smallest absolute Gasteiger partial charge is 0.416 e. The molecule has 0 atom stereocenters. The number of methoxy groups -OCH3 is 1. The summed E-state index contributed by atoms with van der Waals surface area (Å²) in [6.45, 7) is 1.85. The minimum atomic E-state index is -4.60. The van der Waals surface area contributed by atoms with E-state index in [0.717, 1.165) is 17.7 Å². The van der Waals surface area contributed by atoms with Crippen LogP contribution in [0.4, 0.5) is 24.5 Å². The highest BCUT2D eigenvalue weighted by atomic mass is 32.2. The average Bonchev–Trinajstić information content (AvgIpc) is 2.73. The highest BCUT2D eigenvalue weighted by Crippen LogP contribution is 2.31. The monoisotopic (exact) mass is 464 g/mol. The molecule has 0 spiro atoms. The van der Waals surface area contributed by atoms with Crippen molar-refractivity contribution in [2.24, 2.45) is 0 Å². The standard InChI is InChI=1S/C22H19F3N2O4S/c1-14-6-11-20(31-2)19(12-14)26-21(28)15-7-9-18(10-8-15)32(29,30)27-17-5-3-4-16(13-17)22(23,24)25/h3-13,27H,1-2H3,(H,26,28). The second kappa shape index (κ2) is 8.91. The molecule has 0 heterocycles. The van der Waals surface area contributed by atoms with E-state index in [1.807, 2.05) is 13.0 Å². The van der Waals surface area contributed by atoms with Gasteiger partial charge in [-0.15, -0.1) is 0 Å². The normalized spacial score (nSPS) is 11.7. The number of carbonyl (C=O) groups is 1. The van der Waals surface area contributed by atoms with Crippen molar-refractivity contribution in [1.82, 2.24) is 0 Å². The van der Waals surface area contributed by atoms with Gasteiger partial charge in [0, 0.05) is 11.3 Å². The fourth-order valence-corrected chi connectivity index (χ4v) is 3.92. The number of hydrogen-bond donors (Lipinski definition) is 2. The van der Waals surface area contributed by atoms with Crippen LogP contribution in [-0.2, 0) is 16.2 Å². The van der Waals surface area contributed by atoms with E-state index in [-0.39, 0.29) is 16.1 Å². The molecule has 0 bridgehead atoms. The van der Waals surface area contributed by atoms with Gasteiger partial charge in [0.2, 0.25) is 0 Å². The van der Waals surface area contributed by atoms with E-state index in [2.05, 4.69) is 10.0 Å². The minimum Gasteiger partial charge on any atom is -0.495 e. The molecule has 168 valence electrons. The maximum atomic E-state index is 12.8. The zero-order valence-electron chi connectivity index (χ0n) is 17.0. The molecule has 0 saturated heterocycles. The number of sulfonamides is 1. The third-order valence-electron chi connectivity index (χ3n) is 4.47. The summed E-state index contributed by atoms with van der Waals surface area (Å²) < 4.78 is 71.0. The highest BCUT2D eigenvalue weighted by Gasteiger charge is 2.30. The van der Waals surface area contributed by atoms with E-state index in [9.17, 15) is 26.4 Å². The Bertz CT molecular complexity index is 1240. The van der Waals surface area contributed by atoms with E-state index in [1.54, 1.807) is 12.1 Å². The molecule has 0 aliphatic heterocycles. The molecule has 10 heteroatoms. The Labute approximate surface area is 183 Å². The minimum absolute atomic E-state index is 0.187. The zero-order valence-corrected chi connectivity index (χ0v) is 17.8. The number of hydrogen-bond acceptors (Lipinski definition) is 4. The number of carbonyl (C=O) groups excluding carboxylic acids is 1. The van der Waals surface area contributed by atoms with Gasteiger partial charge in [0.25, 0.3) is 15.9 Å². The fourth-order valence-electron chi connectivity index (χ4n) is 2.87. The molecule has 0 aromatic heterocycles. The summed E-state index contributed by atoms with van der Waals surface area (Å²) in [6.07, 6.45) is -4.60. The Morgan fingerprint density at radius 3 is 2.28 bits per heavy atom. The van der Waals surface area contributed by atoms with Gasteiger partial charge in [-0.1, -0.05) is 12.1 Å². The molecule has 0 unspecified atom stereocenters. The van der Waals surface area contributed by atoms with Crippen LogP contribution in [0.2, 0.25) is 0 Å². The topological polar surface area (TPSA) is 84.5 Å². The summed E-state index contributed by atoms with van der Waals surface area (Å²) >= 11 is 0. The van der Waals surface area contributed by atoms with Crippen LogP contribution in [-0.4, -0.2) is 21.4 Å². The van der Waals surface area contributed by atoms with E-state index < -0.39 is 27.7 Å². The van der Waals surface area contributed by atoms with Gasteiger partial charge in [0.05, 0.1) is 23.3 Å². The first kappa shape index (κ1) is 23.1.